The lowest BCUT2D eigenvalue weighted by Gasteiger charge is -2.33. The number of hydrogen-bond donors (Lipinski definition) is 3. The molecule has 1 unspecified atom stereocenters. The van der Waals surface area contributed by atoms with Gasteiger partial charge in [-0.25, -0.2) is 4.79 Å². The summed E-state index contributed by atoms with van der Waals surface area (Å²) in [6, 6.07) is -0.519. The number of halogens is 1. The number of hydrogen-bond acceptors (Lipinski definition) is 4. The number of amides is 4. The maximum atomic E-state index is 12.0. The highest BCUT2D eigenvalue weighted by Crippen LogP contribution is 2.15. The number of urea groups is 1. The first-order valence-electron chi connectivity index (χ1n) is 6.85. The lowest BCUT2D eigenvalue weighted by atomic mass is 9.90. The normalized spacial score (nSPS) is 17.9. The molecule has 1 aliphatic heterocycles. The van der Waals surface area contributed by atoms with Gasteiger partial charge in [-0.2, -0.15) is 0 Å². The summed E-state index contributed by atoms with van der Waals surface area (Å²) in [7, 11) is 0. The maximum Gasteiger partial charge on any atom is 0.324 e. The fraction of sp³-hybridized carbons (Fsp3) is 0.769. The molecule has 0 aromatic carbocycles. The molecule has 1 saturated heterocycles. The molecule has 1 heterocycles. The predicted octanol–water partition coefficient (Wildman–Crippen LogP) is 0.230. The molecule has 4 amide bonds. The Morgan fingerprint density at radius 1 is 1.48 bits per heavy atom. The van der Waals surface area contributed by atoms with Gasteiger partial charge in [-0.1, -0.05) is 13.8 Å². The molecule has 122 valence electrons. The second kappa shape index (κ2) is 8.19. The average Bonchev–Trinajstić information content (AvgIpc) is 2.31. The first kappa shape index (κ1) is 19.7. The topological polar surface area (TPSA) is 105 Å². The second-order valence-corrected chi connectivity index (χ2v) is 5.94. The first-order valence-corrected chi connectivity index (χ1v) is 6.85. The lowest BCUT2D eigenvalue weighted by molar-refractivity contribution is -0.126. The van der Waals surface area contributed by atoms with Gasteiger partial charge in [0.2, 0.25) is 11.8 Å². The summed E-state index contributed by atoms with van der Waals surface area (Å²) in [5.41, 5.74) is 5.25. The van der Waals surface area contributed by atoms with Gasteiger partial charge in [-0.3, -0.25) is 14.9 Å². The van der Waals surface area contributed by atoms with Gasteiger partial charge in [0.1, 0.15) is 6.54 Å². The average molecular weight is 321 g/mol. The van der Waals surface area contributed by atoms with E-state index in [1.165, 1.54) is 4.90 Å². The Balaban J connectivity index is 0.00000400. The van der Waals surface area contributed by atoms with Gasteiger partial charge in [0.15, 0.2) is 0 Å². The van der Waals surface area contributed by atoms with E-state index >= 15 is 0 Å². The molecule has 1 rings (SSSR count). The lowest BCUT2D eigenvalue weighted by Crippen LogP contribution is -2.57. The quantitative estimate of drug-likeness (QED) is 0.651. The molecule has 21 heavy (non-hydrogen) atoms. The highest BCUT2D eigenvalue weighted by Gasteiger charge is 2.29. The number of carbonyl (C=O) groups is 3. The van der Waals surface area contributed by atoms with E-state index in [9.17, 15) is 14.4 Å². The van der Waals surface area contributed by atoms with E-state index in [1.807, 2.05) is 6.92 Å². The number of imide groups is 1. The molecule has 0 aromatic rings. The fourth-order valence-corrected chi connectivity index (χ4v) is 2.39. The van der Waals surface area contributed by atoms with Gasteiger partial charge in [0.05, 0.1) is 0 Å². The number of carbonyl (C=O) groups excluding carboxylic acids is 3. The summed E-state index contributed by atoms with van der Waals surface area (Å²) in [5, 5.41) is 5.07. The molecule has 1 aliphatic rings. The fourth-order valence-electron chi connectivity index (χ4n) is 2.39. The number of nitrogens with zero attached hydrogens (tertiary/aromatic N) is 1. The Morgan fingerprint density at radius 3 is 2.57 bits per heavy atom. The van der Waals surface area contributed by atoms with E-state index in [1.54, 1.807) is 0 Å². The van der Waals surface area contributed by atoms with Crippen molar-refractivity contribution >= 4 is 30.3 Å². The van der Waals surface area contributed by atoms with Crippen molar-refractivity contribution in [1.82, 2.24) is 15.5 Å². The SMILES string of the molecule is CC(C)CC(C)(CN)NC(=O)CN1CCC(=O)NC1=O.Cl. The van der Waals surface area contributed by atoms with Crippen molar-refractivity contribution in [3.05, 3.63) is 0 Å². The monoisotopic (exact) mass is 320 g/mol. The molecule has 0 aromatic heterocycles. The van der Waals surface area contributed by atoms with Crippen molar-refractivity contribution < 1.29 is 14.4 Å². The molecule has 0 radical (unpaired) electrons. The summed E-state index contributed by atoms with van der Waals surface area (Å²) in [6.45, 7) is 6.55. The van der Waals surface area contributed by atoms with E-state index in [0.29, 0.717) is 12.5 Å². The first-order chi connectivity index (χ1) is 9.25. The molecule has 1 fully saturated rings. The third-order valence-electron chi connectivity index (χ3n) is 3.23. The van der Waals surface area contributed by atoms with E-state index in [4.69, 9.17) is 5.73 Å². The highest BCUT2D eigenvalue weighted by molar-refractivity contribution is 5.98. The van der Waals surface area contributed by atoms with Crippen LogP contribution >= 0.6 is 12.4 Å². The van der Waals surface area contributed by atoms with E-state index in [-0.39, 0.29) is 43.7 Å². The largest absolute Gasteiger partial charge is 0.348 e. The zero-order valence-electron chi connectivity index (χ0n) is 12.8. The van der Waals surface area contributed by atoms with Crippen LogP contribution < -0.4 is 16.4 Å². The Morgan fingerprint density at radius 2 is 2.10 bits per heavy atom. The number of nitrogens with two attached hydrogens (primary N) is 1. The Labute approximate surface area is 131 Å². The third kappa shape index (κ3) is 6.31. The van der Waals surface area contributed by atoms with Crippen LogP contribution in [0.15, 0.2) is 0 Å². The summed E-state index contributed by atoms with van der Waals surface area (Å²) < 4.78 is 0. The Bertz CT molecular complexity index is 403. The van der Waals surface area contributed by atoms with E-state index < -0.39 is 11.6 Å². The summed E-state index contributed by atoms with van der Waals surface area (Å²) in [5.74, 6) is -0.166. The van der Waals surface area contributed by atoms with E-state index in [2.05, 4.69) is 24.5 Å². The van der Waals surface area contributed by atoms with Crippen LogP contribution in [0.2, 0.25) is 0 Å². The van der Waals surface area contributed by atoms with Gasteiger partial charge in [-0.05, 0) is 19.3 Å². The van der Waals surface area contributed by atoms with Crippen LogP contribution in [-0.4, -0.2) is 47.9 Å². The zero-order chi connectivity index (χ0) is 15.3. The Hall–Kier alpha value is -1.34. The van der Waals surface area contributed by atoms with Gasteiger partial charge in [0.25, 0.3) is 0 Å². The Kier molecular flexibility index (Phi) is 7.67. The van der Waals surface area contributed by atoms with Crippen LogP contribution in [-0.2, 0) is 9.59 Å². The van der Waals surface area contributed by atoms with Crippen LogP contribution in [0.4, 0.5) is 4.79 Å². The molecule has 0 spiro atoms. The van der Waals surface area contributed by atoms with Crippen LogP contribution in [0.5, 0.6) is 0 Å². The van der Waals surface area contributed by atoms with Crippen LogP contribution in [0.1, 0.15) is 33.6 Å². The molecule has 7 nitrogen and oxygen atoms in total. The van der Waals surface area contributed by atoms with Crippen molar-refractivity contribution in [2.75, 3.05) is 19.6 Å². The molecule has 1 atom stereocenters. The summed E-state index contributed by atoms with van der Waals surface area (Å²) >= 11 is 0. The molecular formula is C13H25ClN4O3. The minimum Gasteiger partial charge on any atom is -0.348 e. The molecule has 8 heteroatoms. The van der Waals surface area contributed by atoms with Crippen molar-refractivity contribution in [1.29, 1.82) is 0 Å². The minimum atomic E-state index is -0.519. The zero-order valence-corrected chi connectivity index (χ0v) is 13.6. The van der Waals surface area contributed by atoms with Crippen molar-refractivity contribution in [2.24, 2.45) is 11.7 Å². The maximum absolute atomic E-state index is 12.0. The molecule has 0 bridgehead atoms. The smallest absolute Gasteiger partial charge is 0.324 e. The van der Waals surface area contributed by atoms with Crippen molar-refractivity contribution in [3.8, 4) is 0 Å². The molecule has 4 N–H and O–H groups in total. The third-order valence-corrected chi connectivity index (χ3v) is 3.23. The summed E-state index contributed by atoms with van der Waals surface area (Å²) in [4.78, 5) is 35.9. The van der Waals surface area contributed by atoms with Gasteiger partial charge < -0.3 is 16.0 Å². The van der Waals surface area contributed by atoms with Gasteiger partial charge in [-0.15, -0.1) is 12.4 Å². The second-order valence-electron chi connectivity index (χ2n) is 5.94. The minimum absolute atomic E-state index is 0. The van der Waals surface area contributed by atoms with Crippen molar-refractivity contribution in [2.45, 2.75) is 39.2 Å². The number of nitrogens with one attached hydrogen (secondary N) is 2. The molecular weight excluding hydrogens is 296 g/mol. The van der Waals surface area contributed by atoms with Crippen LogP contribution in [0.25, 0.3) is 0 Å². The van der Waals surface area contributed by atoms with E-state index in [0.717, 1.165) is 6.42 Å². The van der Waals surface area contributed by atoms with Crippen LogP contribution in [0.3, 0.4) is 0 Å². The standard InChI is InChI=1S/C13H24N4O3.ClH/c1-9(2)6-13(3,8-14)16-11(19)7-17-5-4-10(18)15-12(17)20;/h9H,4-8,14H2,1-3H3,(H,16,19)(H,15,18,20);1H. The molecule has 0 aliphatic carbocycles. The molecule has 0 saturated carbocycles. The van der Waals surface area contributed by atoms with Gasteiger partial charge in [0, 0.05) is 25.0 Å². The van der Waals surface area contributed by atoms with Gasteiger partial charge >= 0.3 is 6.03 Å². The highest BCUT2D eigenvalue weighted by atomic mass is 35.5. The summed E-state index contributed by atoms with van der Waals surface area (Å²) in [6.07, 6.45) is 0.985. The predicted molar refractivity (Wildman–Crippen MR) is 82.0 cm³/mol. The van der Waals surface area contributed by atoms with Crippen molar-refractivity contribution in [3.63, 3.8) is 0 Å². The number of rotatable bonds is 6. The van der Waals surface area contributed by atoms with Crippen LogP contribution in [0, 0.1) is 5.92 Å².